The number of rotatable bonds is 2. The molecule has 0 aromatic heterocycles. The van der Waals surface area contributed by atoms with Crippen molar-refractivity contribution in [2.24, 2.45) is 5.73 Å². The lowest BCUT2D eigenvalue weighted by Crippen LogP contribution is -2.45. The van der Waals surface area contributed by atoms with Gasteiger partial charge < -0.3 is 5.73 Å². The summed E-state index contributed by atoms with van der Waals surface area (Å²) in [5.74, 6) is 0. The number of sulfonamides is 1. The second-order valence-corrected chi connectivity index (χ2v) is 7.50. The van der Waals surface area contributed by atoms with E-state index in [1.807, 2.05) is 13.0 Å². The maximum atomic E-state index is 12.6. The lowest BCUT2D eigenvalue weighted by molar-refractivity contribution is 0.316. The van der Waals surface area contributed by atoms with Crippen LogP contribution in [0, 0.1) is 6.92 Å². The van der Waals surface area contributed by atoms with Crippen LogP contribution in [0.2, 0.25) is 0 Å². The van der Waals surface area contributed by atoms with Gasteiger partial charge >= 0.3 is 0 Å². The molecular formula is C12H17BrN2O2S. The molecule has 1 aliphatic heterocycles. The van der Waals surface area contributed by atoms with Crippen LogP contribution in [0.5, 0.6) is 0 Å². The Bertz CT molecular complexity index is 545. The average Bonchev–Trinajstić information content (AvgIpc) is 2.32. The molecule has 6 heteroatoms. The largest absolute Gasteiger partial charge is 0.327 e. The molecule has 0 aliphatic carbocycles. The van der Waals surface area contributed by atoms with Crippen molar-refractivity contribution in [3.05, 3.63) is 28.2 Å². The summed E-state index contributed by atoms with van der Waals surface area (Å²) in [7, 11) is -3.42. The second kappa shape index (κ2) is 5.28. The van der Waals surface area contributed by atoms with E-state index in [0.29, 0.717) is 18.0 Å². The smallest absolute Gasteiger partial charge is 0.243 e. The average molecular weight is 333 g/mol. The first-order valence-corrected chi connectivity index (χ1v) is 8.16. The van der Waals surface area contributed by atoms with Crippen LogP contribution in [-0.2, 0) is 10.0 Å². The number of halogens is 1. The van der Waals surface area contributed by atoms with Gasteiger partial charge in [0.2, 0.25) is 10.0 Å². The Hall–Kier alpha value is -0.430. The zero-order valence-electron chi connectivity index (χ0n) is 10.3. The monoisotopic (exact) mass is 332 g/mol. The van der Waals surface area contributed by atoms with Crippen molar-refractivity contribution in [2.75, 3.05) is 13.1 Å². The third kappa shape index (κ3) is 2.77. The maximum Gasteiger partial charge on any atom is 0.243 e. The molecule has 1 heterocycles. The molecule has 2 rings (SSSR count). The van der Waals surface area contributed by atoms with Gasteiger partial charge in [0.15, 0.2) is 0 Å². The Balaban J connectivity index is 2.38. The predicted octanol–water partition coefficient (Wildman–Crippen LogP) is 1.87. The van der Waals surface area contributed by atoms with Crippen LogP contribution < -0.4 is 5.73 Å². The van der Waals surface area contributed by atoms with Crippen molar-refractivity contribution in [2.45, 2.75) is 30.7 Å². The highest BCUT2D eigenvalue weighted by Crippen LogP contribution is 2.25. The van der Waals surface area contributed by atoms with E-state index >= 15 is 0 Å². The van der Waals surface area contributed by atoms with Crippen LogP contribution in [-0.4, -0.2) is 31.9 Å². The summed E-state index contributed by atoms with van der Waals surface area (Å²) in [6, 6.07) is 5.25. The van der Waals surface area contributed by atoms with Crippen molar-refractivity contribution >= 4 is 26.0 Å². The Labute approximate surface area is 116 Å². The van der Waals surface area contributed by atoms with E-state index in [0.717, 1.165) is 22.9 Å². The molecule has 0 saturated carbocycles. The Morgan fingerprint density at radius 2 is 2.17 bits per heavy atom. The zero-order valence-corrected chi connectivity index (χ0v) is 12.7. The summed E-state index contributed by atoms with van der Waals surface area (Å²) in [5, 5.41) is 0. The molecular weight excluding hydrogens is 316 g/mol. The van der Waals surface area contributed by atoms with Gasteiger partial charge in [0.1, 0.15) is 0 Å². The molecule has 1 fully saturated rings. The number of nitrogens with two attached hydrogens (primary N) is 1. The molecule has 18 heavy (non-hydrogen) atoms. The van der Waals surface area contributed by atoms with E-state index in [4.69, 9.17) is 5.73 Å². The topological polar surface area (TPSA) is 63.4 Å². The van der Waals surface area contributed by atoms with Crippen molar-refractivity contribution in [1.29, 1.82) is 0 Å². The highest BCUT2D eigenvalue weighted by Gasteiger charge is 2.29. The highest BCUT2D eigenvalue weighted by molar-refractivity contribution is 9.10. The number of piperidine rings is 1. The van der Waals surface area contributed by atoms with E-state index < -0.39 is 10.0 Å². The van der Waals surface area contributed by atoms with Gasteiger partial charge in [0.25, 0.3) is 0 Å². The minimum Gasteiger partial charge on any atom is -0.327 e. The fourth-order valence-corrected chi connectivity index (χ4v) is 4.48. The van der Waals surface area contributed by atoms with Crippen LogP contribution in [0.25, 0.3) is 0 Å². The normalized spacial score (nSPS) is 22.1. The second-order valence-electron chi connectivity index (χ2n) is 4.68. The molecule has 4 nitrogen and oxygen atoms in total. The Kier molecular flexibility index (Phi) is 4.11. The summed E-state index contributed by atoms with van der Waals surface area (Å²) >= 11 is 3.32. The van der Waals surface area contributed by atoms with E-state index in [1.165, 1.54) is 4.31 Å². The molecule has 0 bridgehead atoms. The molecule has 0 radical (unpaired) electrons. The van der Waals surface area contributed by atoms with Crippen LogP contribution in [0.4, 0.5) is 0 Å². The SMILES string of the molecule is Cc1ccc(Br)cc1S(=O)(=O)N1CCC[C@@H](N)C1. The summed E-state index contributed by atoms with van der Waals surface area (Å²) in [4.78, 5) is 0.367. The minimum atomic E-state index is -3.42. The first-order chi connectivity index (χ1) is 8.41. The fraction of sp³-hybridized carbons (Fsp3) is 0.500. The summed E-state index contributed by atoms with van der Waals surface area (Å²) < 4.78 is 27.4. The summed E-state index contributed by atoms with van der Waals surface area (Å²) in [6.45, 7) is 2.78. The molecule has 1 atom stereocenters. The molecule has 0 amide bonds. The van der Waals surface area contributed by atoms with E-state index in [9.17, 15) is 8.42 Å². The number of benzene rings is 1. The van der Waals surface area contributed by atoms with Gasteiger partial charge in [-0.25, -0.2) is 8.42 Å². The van der Waals surface area contributed by atoms with Crippen LogP contribution in [0.15, 0.2) is 27.6 Å². The van der Waals surface area contributed by atoms with E-state index in [-0.39, 0.29) is 6.04 Å². The minimum absolute atomic E-state index is 0.0546. The van der Waals surface area contributed by atoms with Gasteiger partial charge in [-0.1, -0.05) is 22.0 Å². The van der Waals surface area contributed by atoms with E-state index in [1.54, 1.807) is 12.1 Å². The number of hydrogen-bond acceptors (Lipinski definition) is 3. The Morgan fingerprint density at radius 3 is 2.83 bits per heavy atom. The third-order valence-corrected chi connectivity index (χ3v) is 5.69. The number of nitrogens with zero attached hydrogens (tertiary/aromatic N) is 1. The third-order valence-electron chi connectivity index (χ3n) is 3.19. The van der Waals surface area contributed by atoms with Gasteiger partial charge in [-0.05, 0) is 37.5 Å². The molecule has 0 spiro atoms. The standard InChI is InChI=1S/C12H17BrN2O2S/c1-9-4-5-10(13)7-12(9)18(16,17)15-6-2-3-11(14)8-15/h4-5,7,11H,2-3,6,8,14H2,1H3/t11-/m1/s1. The lowest BCUT2D eigenvalue weighted by atomic mass is 10.1. The molecule has 1 saturated heterocycles. The molecule has 2 N–H and O–H groups in total. The molecule has 0 unspecified atom stereocenters. The van der Waals surface area contributed by atoms with Gasteiger partial charge in [-0.2, -0.15) is 4.31 Å². The predicted molar refractivity (Wildman–Crippen MR) is 74.8 cm³/mol. The van der Waals surface area contributed by atoms with Crippen molar-refractivity contribution in [3.8, 4) is 0 Å². The zero-order chi connectivity index (χ0) is 13.3. The van der Waals surface area contributed by atoms with Gasteiger partial charge in [-0.15, -0.1) is 0 Å². The molecule has 1 aliphatic rings. The van der Waals surface area contributed by atoms with Gasteiger partial charge in [-0.3, -0.25) is 0 Å². The van der Waals surface area contributed by atoms with Gasteiger partial charge in [0, 0.05) is 23.6 Å². The summed E-state index contributed by atoms with van der Waals surface area (Å²) in [6.07, 6.45) is 1.72. The first kappa shape index (κ1) is 14.0. The van der Waals surface area contributed by atoms with Crippen molar-refractivity contribution < 1.29 is 8.42 Å². The van der Waals surface area contributed by atoms with Crippen molar-refractivity contribution in [3.63, 3.8) is 0 Å². The summed E-state index contributed by atoms with van der Waals surface area (Å²) in [5.41, 5.74) is 6.61. The number of hydrogen-bond donors (Lipinski definition) is 1. The Morgan fingerprint density at radius 1 is 1.44 bits per heavy atom. The van der Waals surface area contributed by atoms with E-state index in [2.05, 4.69) is 15.9 Å². The molecule has 1 aromatic carbocycles. The van der Waals surface area contributed by atoms with Crippen molar-refractivity contribution in [1.82, 2.24) is 4.31 Å². The fourth-order valence-electron chi connectivity index (χ4n) is 2.18. The van der Waals surface area contributed by atoms with Crippen LogP contribution in [0.1, 0.15) is 18.4 Å². The highest BCUT2D eigenvalue weighted by atomic mass is 79.9. The quantitative estimate of drug-likeness (QED) is 0.899. The van der Waals surface area contributed by atoms with Crippen LogP contribution in [0.3, 0.4) is 0 Å². The molecule has 100 valence electrons. The number of aryl methyl sites for hydroxylation is 1. The lowest BCUT2D eigenvalue weighted by Gasteiger charge is -2.30. The van der Waals surface area contributed by atoms with Gasteiger partial charge in [0.05, 0.1) is 4.90 Å². The first-order valence-electron chi connectivity index (χ1n) is 5.93. The maximum absolute atomic E-state index is 12.6. The molecule has 1 aromatic rings. The van der Waals surface area contributed by atoms with Crippen LogP contribution >= 0.6 is 15.9 Å².